The van der Waals surface area contributed by atoms with Gasteiger partial charge in [0, 0.05) is 11.5 Å². The van der Waals surface area contributed by atoms with Crippen molar-refractivity contribution in [2.24, 2.45) is 11.8 Å². The largest absolute Gasteiger partial charge is 0.508 e. The molecule has 0 saturated heterocycles. The van der Waals surface area contributed by atoms with Gasteiger partial charge in [-0.1, -0.05) is 31.9 Å². The molecular weight excluding hydrogens is 300 g/mol. The van der Waals surface area contributed by atoms with Crippen LogP contribution in [0.15, 0.2) is 42.5 Å². The van der Waals surface area contributed by atoms with Crippen LogP contribution in [0.4, 0.5) is 0 Å². The number of phenolic OH excluding ortho intramolecular Hbond substituents is 2. The van der Waals surface area contributed by atoms with Gasteiger partial charge >= 0.3 is 0 Å². The van der Waals surface area contributed by atoms with Crippen molar-refractivity contribution < 1.29 is 14.9 Å². The van der Waals surface area contributed by atoms with Crippen LogP contribution in [0.1, 0.15) is 55.8 Å². The SMILES string of the molecule is CCC[C@@H]1C[C@H]2[C@@H](C1)c1cc(O)ccc1O[C@H]2c1ccc(O)cc1. The van der Waals surface area contributed by atoms with Gasteiger partial charge in [0.15, 0.2) is 0 Å². The van der Waals surface area contributed by atoms with Crippen LogP contribution in [0.25, 0.3) is 0 Å². The predicted octanol–water partition coefficient (Wildman–Crippen LogP) is 5.14. The molecule has 24 heavy (non-hydrogen) atoms. The normalized spacial score (nSPS) is 28.0. The molecule has 0 bridgehead atoms. The van der Waals surface area contributed by atoms with Crippen LogP contribution in [0.2, 0.25) is 0 Å². The Morgan fingerprint density at radius 3 is 2.50 bits per heavy atom. The zero-order chi connectivity index (χ0) is 16.7. The molecule has 3 heteroatoms. The van der Waals surface area contributed by atoms with E-state index >= 15 is 0 Å². The highest BCUT2D eigenvalue weighted by molar-refractivity contribution is 5.46. The molecule has 1 heterocycles. The molecule has 2 aromatic carbocycles. The van der Waals surface area contributed by atoms with Gasteiger partial charge in [-0.3, -0.25) is 0 Å². The van der Waals surface area contributed by atoms with Crippen molar-refractivity contribution in [3.8, 4) is 17.2 Å². The van der Waals surface area contributed by atoms with E-state index in [0.29, 0.717) is 17.6 Å². The molecule has 0 amide bonds. The fourth-order valence-corrected chi connectivity index (χ4v) is 4.65. The Balaban J connectivity index is 1.73. The first-order chi connectivity index (χ1) is 11.7. The number of aromatic hydroxyl groups is 2. The molecule has 2 N–H and O–H groups in total. The van der Waals surface area contributed by atoms with Crippen LogP contribution in [0, 0.1) is 11.8 Å². The molecule has 126 valence electrons. The topological polar surface area (TPSA) is 49.7 Å². The second kappa shape index (κ2) is 6.04. The maximum atomic E-state index is 9.91. The van der Waals surface area contributed by atoms with E-state index in [0.717, 1.165) is 22.8 Å². The van der Waals surface area contributed by atoms with Gasteiger partial charge in [-0.2, -0.15) is 0 Å². The molecule has 1 aliphatic heterocycles. The molecule has 1 aliphatic carbocycles. The number of ether oxygens (including phenoxy) is 1. The summed E-state index contributed by atoms with van der Waals surface area (Å²) in [5, 5.41) is 19.5. The maximum Gasteiger partial charge on any atom is 0.127 e. The Hall–Kier alpha value is -2.16. The third-order valence-corrected chi connectivity index (χ3v) is 5.66. The lowest BCUT2D eigenvalue weighted by Gasteiger charge is -2.36. The molecule has 0 aromatic heterocycles. The molecule has 2 aliphatic rings. The first-order valence-electron chi connectivity index (χ1n) is 8.94. The molecule has 3 nitrogen and oxygen atoms in total. The van der Waals surface area contributed by atoms with Gasteiger partial charge in [-0.05, 0) is 60.6 Å². The van der Waals surface area contributed by atoms with Crippen molar-refractivity contribution >= 4 is 0 Å². The van der Waals surface area contributed by atoms with Crippen LogP contribution in [-0.4, -0.2) is 10.2 Å². The highest BCUT2D eigenvalue weighted by Gasteiger charge is 2.45. The van der Waals surface area contributed by atoms with Crippen molar-refractivity contribution in [3.05, 3.63) is 53.6 Å². The van der Waals surface area contributed by atoms with Gasteiger partial charge in [0.2, 0.25) is 0 Å². The molecule has 1 fully saturated rings. The number of rotatable bonds is 3. The average molecular weight is 324 g/mol. The standard InChI is InChI=1S/C21H24O3/c1-2-3-13-10-17-18-12-16(23)8-9-20(18)24-21(19(17)11-13)14-4-6-15(22)7-5-14/h4-9,12-13,17,19,21-23H,2-3,10-11H2,1H3/t13-,17-,19-,21-/m0/s1. The van der Waals surface area contributed by atoms with Gasteiger partial charge < -0.3 is 14.9 Å². The zero-order valence-electron chi connectivity index (χ0n) is 14.0. The summed E-state index contributed by atoms with van der Waals surface area (Å²) in [4.78, 5) is 0. The van der Waals surface area contributed by atoms with E-state index in [9.17, 15) is 10.2 Å². The minimum atomic E-state index is 0.0227. The fourth-order valence-electron chi connectivity index (χ4n) is 4.65. The third kappa shape index (κ3) is 2.62. The summed E-state index contributed by atoms with van der Waals surface area (Å²) in [7, 11) is 0. The molecular formula is C21H24O3. The van der Waals surface area contributed by atoms with Crippen LogP contribution >= 0.6 is 0 Å². The summed E-state index contributed by atoms with van der Waals surface area (Å²) in [6, 6.07) is 12.9. The zero-order valence-corrected chi connectivity index (χ0v) is 14.0. The summed E-state index contributed by atoms with van der Waals surface area (Å²) >= 11 is 0. The van der Waals surface area contributed by atoms with Gasteiger partial charge in [0.25, 0.3) is 0 Å². The number of fused-ring (bicyclic) bond motifs is 3. The lowest BCUT2D eigenvalue weighted by Crippen LogP contribution is -2.26. The number of benzene rings is 2. The lowest BCUT2D eigenvalue weighted by atomic mass is 9.80. The van der Waals surface area contributed by atoms with Gasteiger partial charge in [0.1, 0.15) is 23.4 Å². The Labute approximate surface area is 142 Å². The Kier molecular flexibility index (Phi) is 3.87. The average Bonchev–Trinajstić information content (AvgIpc) is 2.99. The Bertz CT molecular complexity index is 722. The molecule has 4 atom stereocenters. The quantitative estimate of drug-likeness (QED) is 0.821. The summed E-state index contributed by atoms with van der Waals surface area (Å²) in [6.45, 7) is 2.25. The van der Waals surface area contributed by atoms with E-state index in [-0.39, 0.29) is 11.9 Å². The maximum absolute atomic E-state index is 9.91. The van der Waals surface area contributed by atoms with Crippen LogP contribution in [-0.2, 0) is 0 Å². The van der Waals surface area contributed by atoms with Crippen molar-refractivity contribution in [3.63, 3.8) is 0 Å². The fraction of sp³-hybridized carbons (Fsp3) is 0.429. The van der Waals surface area contributed by atoms with E-state index in [1.54, 1.807) is 18.2 Å². The first-order valence-corrected chi connectivity index (χ1v) is 8.94. The summed E-state index contributed by atoms with van der Waals surface area (Å²) in [5.74, 6) is 3.09. The second-order valence-electron chi connectivity index (χ2n) is 7.25. The van der Waals surface area contributed by atoms with Crippen LogP contribution < -0.4 is 4.74 Å². The van der Waals surface area contributed by atoms with E-state index in [1.165, 1.54) is 25.7 Å². The Morgan fingerprint density at radius 1 is 1.00 bits per heavy atom. The second-order valence-corrected chi connectivity index (χ2v) is 7.25. The molecule has 1 saturated carbocycles. The van der Waals surface area contributed by atoms with E-state index in [1.807, 2.05) is 24.3 Å². The number of phenols is 2. The summed E-state index contributed by atoms with van der Waals surface area (Å²) < 4.78 is 6.36. The monoisotopic (exact) mass is 324 g/mol. The van der Waals surface area contributed by atoms with Crippen molar-refractivity contribution in [2.75, 3.05) is 0 Å². The highest BCUT2D eigenvalue weighted by Crippen LogP contribution is 2.56. The van der Waals surface area contributed by atoms with Crippen molar-refractivity contribution in [1.82, 2.24) is 0 Å². The molecule has 0 unspecified atom stereocenters. The molecule has 2 aromatic rings. The van der Waals surface area contributed by atoms with Crippen molar-refractivity contribution in [2.45, 2.75) is 44.6 Å². The molecule has 4 rings (SSSR count). The van der Waals surface area contributed by atoms with E-state index < -0.39 is 0 Å². The predicted molar refractivity (Wildman–Crippen MR) is 93.4 cm³/mol. The minimum Gasteiger partial charge on any atom is -0.508 e. The van der Waals surface area contributed by atoms with Gasteiger partial charge in [0.05, 0.1) is 0 Å². The summed E-state index contributed by atoms with van der Waals surface area (Å²) in [6.07, 6.45) is 4.83. The van der Waals surface area contributed by atoms with E-state index in [2.05, 4.69) is 6.92 Å². The smallest absolute Gasteiger partial charge is 0.127 e. The molecule has 0 radical (unpaired) electrons. The van der Waals surface area contributed by atoms with E-state index in [4.69, 9.17) is 4.74 Å². The van der Waals surface area contributed by atoms with Crippen LogP contribution in [0.3, 0.4) is 0 Å². The van der Waals surface area contributed by atoms with Gasteiger partial charge in [-0.15, -0.1) is 0 Å². The summed E-state index contributed by atoms with van der Waals surface area (Å²) in [5.41, 5.74) is 2.28. The highest BCUT2D eigenvalue weighted by atomic mass is 16.5. The molecule has 0 spiro atoms. The number of hydrogen-bond acceptors (Lipinski definition) is 3. The minimum absolute atomic E-state index is 0.0227. The third-order valence-electron chi connectivity index (χ3n) is 5.66. The lowest BCUT2D eigenvalue weighted by molar-refractivity contribution is 0.102. The first kappa shape index (κ1) is 15.4. The van der Waals surface area contributed by atoms with Crippen LogP contribution in [0.5, 0.6) is 17.2 Å². The van der Waals surface area contributed by atoms with Crippen molar-refractivity contribution in [1.29, 1.82) is 0 Å². The van der Waals surface area contributed by atoms with Gasteiger partial charge in [-0.25, -0.2) is 0 Å². The number of hydrogen-bond donors (Lipinski definition) is 2. The Morgan fingerprint density at radius 2 is 1.75 bits per heavy atom.